The SMILES string of the molecule is COc1cc2[nH]c(C(=O)Nc3ccc4[nH]c(C(=O)N5CC(CCl)c6c5cc(O)c5[nH]c(C)c(C(C)=O)c65)cc4c3)cc2c(OC)c1OC. The first-order valence-electron chi connectivity index (χ1n) is 15.1. The summed E-state index contributed by atoms with van der Waals surface area (Å²) in [5.41, 5.74) is 5.30. The highest BCUT2D eigenvalue weighted by Gasteiger charge is 2.37. The van der Waals surface area contributed by atoms with Crippen molar-refractivity contribution in [2.45, 2.75) is 19.8 Å². The Kier molecular flexibility index (Phi) is 7.47. The Morgan fingerprint density at radius 2 is 1.71 bits per heavy atom. The number of benzene rings is 3. The van der Waals surface area contributed by atoms with Crippen LogP contribution >= 0.6 is 11.6 Å². The number of halogens is 1. The largest absolute Gasteiger partial charge is 0.506 e. The molecule has 1 aliphatic rings. The lowest BCUT2D eigenvalue weighted by molar-refractivity contribution is 0.0981. The number of rotatable bonds is 8. The van der Waals surface area contributed by atoms with Crippen LogP contribution in [0.3, 0.4) is 0 Å². The number of fused-ring (bicyclic) bond motifs is 5. The summed E-state index contributed by atoms with van der Waals surface area (Å²) in [6, 6.07) is 12.0. The minimum Gasteiger partial charge on any atom is -0.506 e. The number of alkyl halides is 1. The van der Waals surface area contributed by atoms with Gasteiger partial charge in [-0.2, -0.15) is 0 Å². The minimum atomic E-state index is -0.380. The summed E-state index contributed by atoms with van der Waals surface area (Å²) in [6.07, 6.45) is 0. The third-order valence-corrected chi connectivity index (χ3v) is 9.30. The summed E-state index contributed by atoms with van der Waals surface area (Å²) in [5.74, 6) is 0.381. The number of anilines is 2. The topological polar surface area (TPSA) is 162 Å². The number of amides is 2. The van der Waals surface area contributed by atoms with E-state index >= 15 is 0 Å². The van der Waals surface area contributed by atoms with Crippen molar-refractivity contribution in [2.24, 2.45) is 0 Å². The average molecular weight is 670 g/mol. The van der Waals surface area contributed by atoms with Crippen LogP contribution in [-0.4, -0.2) is 71.4 Å². The maximum Gasteiger partial charge on any atom is 0.274 e. The third kappa shape index (κ3) is 4.70. The Balaban J connectivity index is 1.19. The van der Waals surface area contributed by atoms with Gasteiger partial charge in [0.15, 0.2) is 17.3 Å². The smallest absolute Gasteiger partial charge is 0.274 e. The molecule has 0 fully saturated rings. The van der Waals surface area contributed by atoms with Gasteiger partial charge in [0.05, 0.1) is 38.1 Å². The van der Waals surface area contributed by atoms with Crippen LogP contribution in [0.1, 0.15) is 55.4 Å². The van der Waals surface area contributed by atoms with Crippen molar-refractivity contribution in [3.8, 4) is 23.0 Å². The quantitative estimate of drug-likeness (QED) is 0.0900. The maximum atomic E-state index is 14.0. The van der Waals surface area contributed by atoms with E-state index in [4.69, 9.17) is 25.8 Å². The minimum absolute atomic E-state index is 0.0592. The predicted octanol–water partition coefficient (Wildman–Crippen LogP) is 6.61. The van der Waals surface area contributed by atoms with E-state index in [0.29, 0.717) is 84.0 Å². The number of phenols is 1. The molecule has 7 rings (SSSR count). The zero-order valence-electron chi connectivity index (χ0n) is 26.8. The van der Waals surface area contributed by atoms with Gasteiger partial charge in [0, 0.05) is 69.1 Å². The molecular weight excluding hydrogens is 638 g/mol. The monoisotopic (exact) mass is 669 g/mol. The van der Waals surface area contributed by atoms with Gasteiger partial charge in [0.2, 0.25) is 5.75 Å². The lowest BCUT2D eigenvalue weighted by Gasteiger charge is -2.17. The highest BCUT2D eigenvalue weighted by molar-refractivity contribution is 6.20. The molecular formula is C35H32ClN5O7. The molecule has 5 N–H and O–H groups in total. The van der Waals surface area contributed by atoms with E-state index in [1.807, 2.05) is 0 Å². The molecule has 6 aromatic rings. The van der Waals surface area contributed by atoms with Crippen molar-refractivity contribution in [2.75, 3.05) is 44.0 Å². The number of phenolic OH excluding ortho intramolecular Hbond substituents is 1. The van der Waals surface area contributed by atoms with Crippen LogP contribution in [0, 0.1) is 6.92 Å². The van der Waals surface area contributed by atoms with Gasteiger partial charge in [-0.3, -0.25) is 14.4 Å². The first kappa shape index (κ1) is 31.0. The van der Waals surface area contributed by atoms with E-state index in [0.717, 1.165) is 5.56 Å². The second kappa shape index (κ2) is 11.6. The molecule has 0 aliphatic carbocycles. The molecule has 0 bridgehead atoms. The van der Waals surface area contributed by atoms with Crippen molar-refractivity contribution < 1.29 is 33.7 Å². The molecule has 3 aromatic heterocycles. The van der Waals surface area contributed by atoms with Crippen LogP contribution in [0.2, 0.25) is 0 Å². The summed E-state index contributed by atoms with van der Waals surface area (Å²) in [5, 5.41) is 15.8. The van der Waals surface area contributed by atoms with Crippen molar-refractivity contribution in [3.05, 3.63) is 70.7 Å². The standard InChI is InChI=1S/C35H32ClN5O7/c1-15-28(16(2)42)30-29-18(13-36)14-41(25(29)12-26(43)31(30)37-15)35(45)24-9-17-8-19(6-7-21(17)39-24)38-34(44)23-10-20-22(40-23)11-27(46-3)33(48-5)32(20)47-4/h6-12,18,37,39-40,43H,13-14H2,1-5H3,(H,38,44). The van der Waals surface area contributed by atoms with Crippen molar-refractivity contribution in [1.29, 1.82) is 0 Å². The highest BCUT2D eigenvalue weighted by atomic mass is 35.5. The first-order chi connectivity index (χ1) is 23.1. The summed E-state index contributed by atoms with van der Waals surface area (Å²) < 4.78 is 16.4. The Bertz CT molecular complexity index is 2320. The Morgan fingerprint density at radius 1 is 0.958 bits per heavy atom. The molecule has 246 valence electrons. The molecule has 13 heteroatoms. The van der Waals surface area contributed by atoms with E-state index in [1.54, 1.807) is 54.3 Å². The molecule has 4 heterocycles. The second-order valence-electron chi connectivity index (χ2n) is 11.8. The number of aromatic hydroxyl groups is 1. The molecule has 3 aromatic carbocycles. The Morgan fingerprint density at radius 3 is 2.40 bits per heavy atom. The number of carbonyl (C=O) groups is 3. The molecule has 1 aliphatic heterocycles. The van der Waals surface area contributed by atoms with E-state index in [9.17, 15) is 19.5 Å². The van der Waals surface area contributed by atoms with Crippen LogP contribution in [0.25, 0.3) is 32.7 Å². The van der Waals surface area contributed by atoms with Crippen molar-refractivity contribution in [3.63, 3.8) is 0 Å². The fourth-order valence-electron chi connectivity index (χ4n) is 6.84. The number of ether oxygens (including phenoxy) is 3. The van der Waals surface area contributed by atoms with Gasteiger partial charge in [-0.1, -0.05) is 0 Å². The van der Waals surface area contributed by atoms with Crippen LogP contribution in [0.4, 0.5) is 11.4 Å². The number of aryl methyl sites for hydroxylation is 1. The average Bonchev–Trinajstić information content (AvgIpc) is 3.85. The highest BCUT2D eigenvalue weighted by Crippen LogP contribution is 2.48. The van der Waals surface area contributed by atoms with Gasteiger partial charge in [-0.05, 0) is 49.7 Å². The second-order valence-corrected chi connectivity index (χ2v) is 12.1. The van der Waals surface area contributed by atoms with Gasteiger partial charge >= 0.3 is 0 Å². The van der Waals surface area contributed by atoms with Gasteiger partial charge in [0.25, 0.3) is 11.8 Å². The number of hydrogen-bond acceptors (Lipinski definition) is 7. The zero-order chi connectivity index (χ0) is 34.0. The number of aromatic amines is 3. The van der Waals surface area contributed by atoms with E-state index in [-0.39, 0.29) is 41.7 Å². The van der Waals surface area contributed by atoms with Crippen molar-refractivity contribution >= 4 is 73.3 Å². The zero-order valence-corrected chi connectivity index (χ0v) is 27.5. The van der Waals surface area contributed by atoms with Crippen molar-refractivity contribution in [1.82, 2.24) is 15.0 Å². The maximum absolute atomic E-state index is 14.0. The lowest BCUT2D eigenvalue weighted by Crippen LogP contribution is -2.30. The van der Waals surface area contributed by atoms with Crippen LogP contribution in [-0.2, 0) is 0 Å². The number of ketones is 1. The fraction of sp³-hybridized carbons (Fsp3) is 0.229. The summed E-state index contributed by atoms with van der Waals surface area (Å²) in [6.45, 7) is 3.54. The van der Waals surface area contributed by atoms with Crippen LogP contribution in [0.15, 0.2) is 42.5 Å². The molecule has 0 spiro atoms. The van der Waals surface area contributed by atoms with Crippen LogP contribution < -0.4 is 24.4 Å². The van der Waals surface area contributed by atoms with E-state index in [1.165, 1.54) is 28.3 Å². The number of H-pyrrole nitrogens is 3. The normalized spacial score (nSPS) is 14.1. The van der Waals surface area contributed by atoms with Gasteiger partial charge in [0.1, 0.15) is 17.1 Å². The number of hydrogen-bond donors (Lipinski definition) is 5. The van der Waals surface area contributed by atoms with E-state index in [2.05, 4.69) is 20.3 Å². The Labute approximate surface area is 278 Å². The summed E-state index contributed by atoms with van der Waals surface area (Å²) >= 11 is 6.41. The lowest BCUT2D eigenvalue weighted by atomic mass is 9.94. The number of Topliss-reactive ketones (excluding diaryl/α,β-unsaturated/α-hetero) is 1. The third-order valence-electron chi connectivity index (χ3n) is 8.93. The molecule has 1 unspecified atom stereocenters. The van der Waals surface area contributed by atoms with Gasteiger partial charge in [-0.25, -0.2) is 0 Å². The number of aromatic nitrogens is 3. The molecule has 0 radical (unpaired) electrons. The number of nitrogens with zero attached hydrogens (tertiary/aromatic N) is 1. The molecule has 0 saturated carbocycles. The molecule has 1 atom stereocenters. The number of carbonyl (C=O) groups excluding carboxylic acids is 3. The summed E-state index contributed by atoms with van der Waals surface area (Å²) in [4.78, 5) is 50.9. The van der Waals surface area contributed by atoms with Crippen LogP contribution in [0.5, 0.6) is 23.0 Å². The molecule has 2 amide bonds. The predicted molar refractivity (Wildman–Crippen MR) is 184 cm³/mol. The van der Waals surface area contributed by atoms with Gasteiger partial charge in [-0.15, -0.1) is 11.6 Å². The number of nitrogens with one attached hydrogen (secondary N) is 4. The van der Waals surface area contributed by atoms with Gasteiger partial charge < -0.3 is 44.5 Å². The molecule has 0 saturated heterocycles. The fourth-order valence-corrected chi connectivity index (χ4v) is 7.09. The Hall–Kier alpha value is -5.62. The number of methoxy groups -OCH3 is 3. The molecule has 48 heavy (non-hydrogen) atoms. The summed E-state index contributed by atoms with van der Waals surface area (Å²) in [7, 11) is 4.55. The molecule has 12 nitrogen and oxygen atoms in total. The van der Waals surface area contributed by atoms with E-state index < -0.39 is 0 Å². The first-order valence-corrected chi connectivity index (χ1v) is 15.6.